The maximum absolute atomic E-state index is 13.7. The van der Waals surface area contributed by atoms with E-state index >= 15 is 0 Å². The van der Waals surface area contributed by atoms with Gasteiger partial charge in [-0.15, -0.1) is 0 Å². The summed E-state index contributed by atoms with van der Waals surface area (Å²) in [7, 11) is 0. The van der Waals surface area contributed by atoms with E-state index in [0.29, 0.717) is 30.6 Å². The Morgan fingerprint density at radius 3 is 2.66 bits per heavy atom. The normalized spacial score (nSPS) is 13.6. The zero-order valence-electron chi connectivity index (χ0n) is 20.0. The number of rotatable bonds is 5. The van der Waals surface area contributed by atoms with Crippen LogP contribution >= 0.6 is 34.8 Å². The summed E-state index contributed by atoms with van der Waals surface area (Å²) in [6.45, 7) is 2.24. The van der Waals surface area contributed by atoms with Crippen molar-refractivity contribution in [2.75, 3.05) is 13.1 Å². The van der Waals surface area contributed by atoms with Crippen LogP contribution in [0.2, 0.25) is 15.3 Å². The number of amides is 1. The van der Waals surface area contributed by atoms with Crippen molar-refractivity contribution in [1.82, 2.24) is 19.8 Å². The standard InChI is InChI=1S/C28H21Cl3FN5O/c29-22-6-4-17(10-23(22)32)2-1-8-36-9-7-24-21(16-36)20-5-3-18(14-33)11-25(20)37(24)28(38)34-15-19-12-26(30)35-27(31)13-19/h1-6,10-13H,7-9,15-16H2,(H,34,38). The van der Waals surface area contributed by atoms with Crippen molar-refractivity contribution in [2.24, 2.45) is 0 Å². The number of nitriles is 1. The second-order valence-electron chi connectivity index (χ2n) is 8.94. The van der Waals surface area contributed by atoms with Gasteiger partial charge in [0, 0.05) is 43.7 Å². The second kappa shape index (κ2) is 11.1. The Morgan fingerprint density at radius 1 is 1.13 bits per heavy atom. The molecular formula is C28H21Cl3FN5O. The third kappa shape index (κ3) is 5.54. The molecule has 0 atom stereocenters. The number of carbonyl (C=O) groups is 1. The Kier molecular flexibility index (Phi) is 7.68. The van der Waals surface area contributed by atoms with Gasteiger partial charge in [-0.05, 0) is 53.1 Å². The molecule has 0 saturated heterocycles. The van der Waals surface area contributed by atoms with Crippen LogP contribution in [0.5, 0.6) is 0 Å². The maximum atomic E-state index is 13.7. The number of pyridine rings is 1. The van der Waals surface area contributed by atoms with Gasteiger partial charge in [-0.2, -0.15) is 5.26 Å². The van der Waals surface area contributed by atoms with E-state index in [4.69, 9.17) is 34.8 Å². The molecule has 1 N–H and O–H groups in total. The lowest BCUT2D eigenvalue weighted by atomic mass is 10.0. The molecule has 0 radical (unpaired) electrons. The Bertz CT molecular complexity index is 1610. The average molecular weight is 569 g/mol. The number of hydrogen-bond donors (Lipinski definition) is 1. The van der Waals surface area contributed by atoms with E-state index in [2.05, 4.69) is 21.3 Å². The molecule has 2 aromatic heterocycles. The van der Waals surface area contributed by atoms with E-state index in [-0.39, 0.29) is 27.9 Å². The quantitative estimate of drug-likeness (QED) is 0.268. The van der Waals surface area contributed by atoms with Gasteiger partial charge in [0.25, 0.3) is 0 Å². The summed E-state index contributed by atoms with van der Waals surface area (Å²) in [5.41, 5.74) is 4.59. The molecule has 4 aromatic rings. The highest BCUT2D eigenvalue weighted by molar-refractivity contribution is 6.32. The lowest BCUT2D eigenvalue weighted by molar-refractivity contribution is 0.240. The average Bonchev–Trinajstić information content (AvgIpc) is 3.21. The van der Waals surface area contributed by atoms with E-state index in [1.54, 1.807) is 34.9 Å². The number of hydrogen-bond acceptors (Lipinski definition) is 4. The Hall–Kier alpha value is -3.41. The number of nitrogens with zero attached hydrogens (tertiary/aromatic N) is 4. The molecule has 0 unspecified atom stereocenters. The highest BCUT2D eigenvalue weighted by atomic mass is 35.5. The lowest BCUT2D eigenvalue weighted by Gasteiger charge is -2.27. The molecule has 10 heteroatoms. The molecule has 1 amide bonds. The third-order valence-corrected chi connectivity index (χ3v) is 7.14. The van der Waals surface area contributed by atoms with E-state index in [0.717, 1.165) is 34.3 Å². The van der Waals surface area contributed by atoms with Crippen LogP contribution in [0.15, 0.2) is 54.6 Å². The zero-order valence-corrected chi connectivity index (χ0v) is 22.3. The van der Waals surface area contributed by atoms with E-state index < -0.39 is 5.82 Å². The maximum Gasteiger partial charge on any atom is 0.326 e. The van der Waals surface area contributed by atoms with Crippen LogP contribution in [-0.4, -0.2) is 33.6 Å². The topological polar surface area (TPSA) is 74.0 Å². The van der Waals surface area contributed by atoms with Crippen molar-refractivity contribution >= 4 is 57.8 Å². The molecule has 38 heavy (non-hydrogen) atoms. The Balaban J connectivity index is 1.39. The molecule has 192 valence electrons. The van der Waals surface area contributed by atoms with Crippen molar-refractivity contribution in [3.05, 3.63) is 104 Å². The van der Waals surface area contributed by atoms with Crippen molar-refractivity contribution in [1.29, 1.82) is 5.26 Å². The minimum absolute atomic E-state index is 0.0964. The predicted octanol–water partition coefficient (Wildman–Crippen LogP) is 6.84. The number of benzene rings is 2. The molecule has 1 aliphatic rings. The number of halogens is 4. The monoisotopic (exact) mass is 567 g/mol. The number of fused-ring (bicyclic) bond motifs is 3. The molecule has 0 aliphatic carbocycles. The SMILES string of the molecule is N#Cc1ccc2c3c(n(C(=O)NCc4cc(Cl)nc(Cl)c4)c2c1)CCN(CC=Cc1ccc(Cl)c(F)c1)C3. The Labute approximate surface area is 233 Å². The van der Waals surface area contributed by atoms with Gasteiger partial charge in [-0.25, -0.2) is 14.2 Å². The first kappa shape index (κ1) is 26.2. The third-order valence-electron chi connectivity index (χ3n) is 6.44. The summed E-state index contributed by atoms with van der Waals surface area (Å²) in [6, 6.07) is 15.3. The van der Waals surface area contributed by atoms with E-state index in [9.17, 15) is 14.4 Å². The van der Waals surface area contributed by atoms with Crippen LogP contribution in [0, 0.1) is 17.1 Å². The predicted molar refractivity (Wildman–Crippen MR) is 148 cm³/mol. The summed E-state index contributed by atoms with van der Waals surface area (Å²) >= 11 is 17.8. The van der Waals surface area contributed by atoms with E-state index in [1.165, 1.54) is 12.1 Å². The molecule has 2 aromatic carbocycles. The first-order valence-corrected chi connectivity index (χ1v) is 13.0. The molecule has 0 bridgehead atoms. The summed E-state index contributed by atoms with van der Waals surface area (Å²) in [5, 5.41) is 13.9. The fourth-order valence-corrected chi connectivity index (χ4v) is 5.32. The highest BCUT2D eigenvalue weighted by Gasteiger charge is 2.26. The molecule has 0 saturated carbocycles. The lowest BCUT2D eigenvalue weighted by Crippen LogP contribution is -2.34. The summed E-state index contributed by atoms with van der Waals surface area (Å²) in [5.74, 6) is -0.450. The van der Waals surface area contributed by atoms with Crippen LogP contribution in [0.4, 0.5) is 9.18 Å². The van der Waals surface area contributed by atoms with Crippen molar-refractivity contribution in [2.45, 2.75) is 19.5 Å². The van der Waals surface area contributed by atoms with Gasteiger partial charge < -0.3 is 5.32 Å². The number of nitrogens with one attached hydrogen (secondary N) is 1. The molecule has 3 heterocycles. The fraction of sp³-hybridized carbons (Fsp3) is 0.179. The van der Waals surface area contributed by atoms with Gasteiger partial charge in [0.05, 0.1) is 22.2 Å². The smallest absolute Gasteiger partial charge is 0.326 e. The molecule has 5 rings (SSSR count). The second-order valence-corrected chi connectivity index (χ2v) is 10.1. The molecule has 1 aliphatic heterocycles. The van der Waals surface area contributed by atoms with Crippen LogP contribution in [-0.2, 0) is 19.5 Å². The Morgan fingerprint density at radius 2 is 1.92 bits per heavy atom. The first-order valence-electron chi connectivity index (χ1n) is 11.8. The van der Waals surface area contributed by atoms with Gasteiger partial charge >= 0.3 is 6.03 Å². The molecular weight excluding hydrogens is 548 g/mol. The minimum atomic E-state index is -0.450. The molecule has 0 spiro atoms. The van der Waals surface area contributed by atoms with Gasteiger partial charge in [0.1, 0.15) is 16.1 Å². The van der Waals surface area contributed by atoms with Gasteiger partial charge in [0.15, 0.2) is 0 Å². The summed E-state index contributed by atoms with van der Waals surface area (Å²) in [4.78, 5) is 19.6. The van der Waals surface area contributed by atoms with Crippen LogP contribution < -0.4 is 5.32 Å². The van der Waals surface area contributed by atoms with Gasteiger partial charge in [0.2, 0.25) is 0 Å². The van der Waals surface area contributed by atoms with Crippen molar-refractivity contribution in [3.63, 3.8) is 0 Å². The van der Waals surface area contributed by atoms with Crippen LogP contribution in [0.3, 0.4) is 0 Å². The summed E-state index contributed by atoms with van der Waals surface area (Å²) in [6.07, 6.45) is 4.50. The number of aromatic nitrogens is 2. The number of carbonyl (C=O) groups excluding carboxylic acids is 1. The largest absolute Gasteiger partial charge is 0.333 e. The van der Waals surface area contributed by atoms with E-state index in [1.807, 2.05) is 18.2 Å². The first-order chi connectivity index (χ1) is 18.3. The van der Waals surface area contributed by atoms with Crippen molar-refractivity contribution < 1.29 is 9.18 Å². The molecule has 6 nitrogen and oxygen atoms in total. The fourth-order valence-electron chi connectivity index (χ4n) is 4.70. The van der Waals surface area contributed by atoms with Crippen LogP contribution in [0.25, 0.3) is 17.0 Å². The van der Waals surface area contributed by atoms with Crippen molar-refractivity contribution in [3.8, 4) is 6.07 Å². The van der Waals surface area contributed by atoms with Gasteiger partial charge in [-0.1, -0.05) is 59.1 Å². The zero-order chi connectivity index (χ0) is 26.8. The summed E-state index contributed by atoms with van der Waals surface area (Å²) < 4.78 is 15.4. The van der Waals surface area contributed by atoms with Gasteiger partial charge in [-0.3, -0.25) is 9.47 Å². The minimum Gasteiger partial charge on any atom is -0.333 e. The molecule has 0 fully saturated rings. The highest BCUT2D eigenvalue weighted by Crippen LogP contribution is 2.32. The van der Waals surface area contributed by atoms with Crippen LogP contribution in [0.1, 0.15) is 27.9 Å².